The maximum atomic E-state index is 9.52. The predicted molar refractivity (Wildman–Crippen MR) is 60.9 cm³/mol. The van der Waals surface area contributed by atoms with E-state index >= 15 is 0 Å². The van der Waals surface area contributed by atoms with E-state index in [9.17, 15) is 5.11 Å². The topological polar surface area (TPSA) is 45.1 Å². The summed E-state index contributed by atoms with van der Waals surface area (Å²) >= 11 is 1.59. The van der Waals surface area contributed by atoms with Gasteiger partial charge in [0.15, 0.2) is 5.13 Å². The zero-order valence-electron chi connectivity index (χ0n) is 9.16. The highest BCUT2D eigenvalue weighted by Crippen LogP contribution is 2.22. The van der Waals surface area contributed by atoms with E-state index in [0.29, 0.717) is 0 Å². The Kier molecular flexibility index (Phi) is 3.50. The maximum Gasteiger partial charge on any atom is 0.183 e. The zero-order valence-corrected chi connectivity index (χ0v) is 9.98. The minimum absolute atomic E-state index is 0.330. The highest BCUT2D eigenvalue weighted by molar-refractivity contribution is 7.13. The molecule has 3 nitrogen and oxygen atoms in total. The van der Waals surface area contributed by atoms with Crippen LogP contribution in [0.4, 0.5) is 5.13 Å². The molecule has 1 atom stereocenters. The maximum absolute atomic E-state index is 9.52. The minimum atomic E-state index is -0.406. The van der Waals surface area contributed by atoms with Crippen molar-refractivity contribution in [2.24, 2.45) is 0 Å². The van der Waals surface area contributed by atoms with Crippen LogP contribution in [0, 0.1) is 0 Å². The van der Waals surface area contributed by atoms with Gasteiger partial charge in [-0.15, -0.1) is 11.3 Å². The van der Waals surface area contributed by atoms with E-state index in [2.05, 4.69) is 17.2 Å². The van der Waals surface area contributed by atoms with Crippen LogP contribution in [0.3, 0.4) is 0 Å². The molecule has 80 valence electrons. The Labute approximate surface area is 89.2 Å². The van der Waals surface area contributed by atoms with Gasteiger partial charge in [-0.05, 0) is 27.2 Å². The van der Waals surface area contributed by atoms with Crippen LogP contribution in [-0.4, -0.2) is 21.7 Å². The van der Waals surface area contributed by atoms with Crippen LogP contribution >= 0.6 is 11.3 Å². The van der Waals surface area contributed by atoms with Crippen molar-refractivity contribution in [3.8, 4) is 0 Å². The highest BCUT2D eigenvalue weighted by Gasteiger charge is 2.24. The van der Waals surface area contributed by atoms with Crippen molar-refractivity contribution in [1.29, 1.82) is 0 Å². The van der Waals surface area contributed by atoms with Crippen molar-refractivity contribution in [2.75, 3.05) is 5.32 Å². The van der Waals surface area contributed by atoms with Crippen LogP contribution in [0.25, 0.3) is 0 Å². The summed E-state index contributed by atoms with van der Waals surface area (Å²) < 4.78 is 0. The summed E-state index contributed by atoms with van der Waals surface area (Å²) in [6, 6.07) is 0. The van der Waals surface area contributed by atoms with Gasteiger partial charge < -0.3 is 10.4 Å². The fourth-order valence-corrected chi connectivity index (χ4v) is 1.87. The third kappa shape index (κ3) is 2.69. The molecule has 0 fully saturated rings. The fraction of sp³-hybridized carbons (Fsp3) is 0.700. The summed E-state index contributed by atoms with van der Waals surface area (Å²) in [5.74, 6) is 0. The number of nitrogens with zero attached hydrogens (tertiary/aromatic N) is 1. The van der Waals surface area contributed by atoms with E-state index < -0.39 is 6.10 Å². The van der Waals surface area contributed by atoms with Crippen molar-refractivity contribution >= 4 is 16.5 Å². The van der Waals surface area contributed by atoms with E-state index in [4.69, 9.17) is 0 Å². The molecule has 1 rings (SSSR count). The first-order valence-electron chi connectivity index (χ1n) is 4.86. The van der Waals surface area contributed by atoms with Crippen LogP contribution in [-0.2, 0) is 6.42 Å². The third-order valence-corrected chi connectivity index (χ3v) is 3.19. The smallest absolute Gasteiger partial charge is 0.183 e. The lowest BCUT2D eigenvalue weighted by Crippen LogP contribution is -2.41. The summed E-state index contributed by atoms with van der Waals surface area (Å²) in [5, 5.41) is 15.7. The Balaban J connectivity index is 2.68. The number of anilines is 1. The minimum Gasteiger partial charge on any atom is -0.391 e. The molecule has 14 heavy (non-hydrogen) atoms. The van der Waals surface area contributed by atoms with Crippen LogP contribution in [0.5, 0.6) is 0 Å². The summed E-state index contributed by atoms with van der Waals surface area (Å²) in [5.41, 5.74) is 0.766. The Morgan fingerprint density at radius 1 is 1.64 bits per heavy atom. The first kappa shape index (κ1) is 11.5. The van der Waals surface area contributed by atoms with Gasteiger partial charge >= 0.3 is 0 Å². The van der Waals surface area contributed by atoms with Gasteiger partial charge in [0.25, 0.3) is 0 Å². The molecule has 4 heteroatoms. The summed E-state index contributed by atoms with van der Waals surface area (Å²) in [4.78, 5) is 4.39. The second-order valence-corrected chi connectivity index (χ2v) is 4.88. The number of nitrogens with one attached hydrogen (secondary N) is 1. The quantitative estimate of drug-likeness (QED) is 0.808. The number of thiazole rings is 1. The van der Waals surface area contributed by atoms with Gasteiger partial charge in [0, 0.05) is 5.38 Å². The molecule has 1 aromatic heterocycles. The molecule has 0 spiro atoms. The first-order valence-corrected chi connectivity index (χ1v) is 5.74. The fourth-order valence-electron chi connectivity index (χ4n) is 0.907. The normalized spacial score (nSPS) is 14.1. The Morgan fingerprint density at radius 2 is 2.29 bits per heavy atom. The molecule has 0 aromatic carbocycles. The van der Waals surface area contributed by atoms with Gasteiger partial charge in [0.2, 0.25) is 0 Å². The SMILES string of the molecule is CCc1csc(NC(C)(C)C(C)O)n1. The number of aryl methyl sites for hydroxylation is 1. The number of rotatable bonds is 4. The van der Waals surface area contributed by atoms with Crippen LogP contribution in [0.2, 0.25) is 0 Å². The first-order chi connectivity index (χ1) is 6.45. The lowest BCUT2D eigenvalue weighted by atomic mass is 9.99. The monoisotopic (exact) mass is 214 g/mol. The average molecular weight is 214 g/mol. The third-order valence-electron chi connectivity index (χ3n) is 2.39. The Bertz CT molecular complexity index is 294. The molecule has 1 unspecified atom stereocenters. The van der Waals surface area contributed by atoms with E-state index in [0.717, 1.165) is 17.2 Å². The number of hydrogen-bond donors (Lipinski definition) is 2. The number of aliphatic hydroxyl groups excluding tert-OH is 1. The van der Waals surface area contributed by atoms with Crippen molar-refractivity contribution in [3.63, 3.8) is 0 Å². The second-order valence-electron chi connectivity index (χ2n) is 4.02. The molecular weight excluding hydrogens is 196 g/mol. The predicted octanol–water partition coefficient (Wildman–Crippen LogP) is 2.28. The number of aromatic nitrogens is 1. The van der Waals surface area contributed by atoms with Gasteiger partial charge in [0.1, 0.15) is 0 Å². The molecule has 0 aliphatic rings. The van der Waals surface area contributed by atoms with Crippen molar-refractivity contribution in [3.05, 3.63) is 11.1 Å². The van der Waals surface area contributed by atoms with Gasteiger partial charge in [-0.2, -0.15) is 0 Å². The van der Waals surface area contributed by atoms with E-state index in [-0.39, 0.29) is 5.54 Å². The standard InChI is InChI=1S/C10H18N2OS/c1-5-8-6-14-9(11-8)12-10(3,4)7(2)13/h6-7,13H,5H2,1-4H3,(H,11,12). The number of hydrogen-bond acceptors (Lipinski definition) is 4. The van der Waals surface area contributed by atoms with Gasteiger partial charge in [0.05, 0.1) is 17.3 Å². The molecular formula is C10H18N2OS. The van der Waals surface area contributed by atoms with Crippen LogP contribution in [0.15, 0.2) is 5.38 Å². The molecule has 0 radical (unpaired) electrons. The molecule has 2 N–H and O–H groups in total. The molecule has 0 bridgehead atoms. The van der Waals surface area contributed by atoms with Crippen LogP contribution in [0.1, 0.15) is 33.4 Å². The van der Waals surface area contributed by atoms with Crippen molar-refractivity contribution < 1.29 is 5.11 Å². The largest absolute Gasteiger partial charge is 0.391 e. The molecule has 1 heterocycles. The molecule has 1 aromatic rings. The zero-order chi connectivity index (χ0) is 10.8. The number of aliphatic hydroxyl groups is 1. The lowest BCUT2D eigenvalue weighted by molar-refractivity contribution is 0.133. The average Bonchev–Trinajstić information content (AvgIpc) is 2.51. The lowest BCUT2D eigenvalue weighted by Gasteiger charge is -2.28. The Morgan fingerprint density at radius 3 is 2.71 bits per heavy atom. The molecule has 0 aliphatic heterocycles. The van der Waals surface area contributed by atoms with Crippen LogP contribution < -0.4 is 5.32 Å². The van der Waals surface area contributed by atoms with Crippen molar-refractivity contribution in [1.82, 2.24) is 4.98 Å². The second kappa shape index (κ2) is 4.28. The summed E-state index contributed by atoms with van der Waals surface area (Å²) in [6.45, 7) is 7.79. The summed E-state index contributed by atoms with van der Waals surface area (Å²) in [6.07, 6.45) is 0.546. The van der Waals surface area contributed by atoms with Gasteiger partial charge in [-0.3, -0.25) is 0 Å². The molecule has 0 saturated heterocycles. The van der Waals surface area contributed by atoms with E-state index in [1.165, 1.54) is 0 Å². The molecule has 0 saturated carbocycles. The van der Waals surface area contributed by atoms with Gasteiger partial charge in [-0.1, -0.05) is 6.92 Å². The van der Waals surface area contributed by atoms with Gasteiger partial charge in [-0.25, -0.2) is 4.98 Å². The highest BCUT2D eigenvalue weighted by atomic mass is 32.1. The van der Waals surface area contributed by atoms with Crippen molar-refractivity contribution in [2.45, 2.75) is 45.8 Å². The Hall–Kier alpha value is -0.610. The summed E-state index contributed by atoms with van der Waals surface area (Å²) in [7, 11) is 0. The van der Waals surface area contributed by atoms with E-state index in [1.807, 2.05) is 19.2 Å². The van der Waals surface area contributed by atoms with E-state index in [1.54, 1.807) is 18.3 Å². The molecule has 0 aliphatic carbocycles. The molecule has 0 amide bonds.